The van der Waals surface area contributed by atoms with Gasteiger partial charge in [-0.05, 0) is 24.5 Å². The minimum absolute atomic E-state index is 0.0368. The summed E-state index contributed by atoms with van der Waals surface area (Å²) in [5.41, 5.74) is 0. The molecule has 0 radical (unpaired) electrons. The van der Waals surface area contributed by atoms with Crippen LogP contribution in [0.2, 0.25) is 0 Å². The third-order valence-electron chi connectivity index (χ3n) is 3.09. The van der Waals surface area contributed by atoms with E-state index in [1.165, 1.54) is 6.42 Å². The molecule has 0 bridgehead atoms. The van der Waals surface area contributed by atoms with Crippen LogP contribution in [0, 0.1) is 5.92 Å². The normalized spacial score (nSPS) is 26.3. The molecule has 1 aromatic heterocycles. The highest BCUT2D eigenvalue weighted by Crippen LogP contribution is 2.47. The van der Waals surface area contributed by atoms with Gasteiger partial charge in [0, 0.05) is 11.8 Å². The average molecular weight is 208 g/mol. The van der Waals surface area contributed by atoms with Crippen molar-refractivity contribution in [3.05, 3.63) is 23.7 Å². The average Bonchev–Trinajstić information content (AvgIpc) is 2.70. The molecule has 1 aliphatic carbocycles. The predicted molar refractivity (Wildman–Crippen MR) is 55.9 cm³/mol. The molecule has 3 heteroatoms. The first-order valence-corrected chi connectivity index (χ1v) is 5.39. The van der Waals surface area contributed by atoms with E-state index in [0.29, 0.717) is 5.92 Å². The van der Waals surface area contributed by atoms with Crippen LogP contribution in [-0.4, -0.2) is 11.1 Å². The van der Waals surface area contributed by atoms with Gasteiger partial charge in [0.1, 0.15) is 11.5 Å². The van der Waals surface area contributed by atoms with Crippen LogP contribution in [0.25, 0.3) is 0 Å². The lowest BCUT2D eigenvalue weighted by Gasteiger charge is -2.04. The first-order valence-electron chi connectivity index (χ1n) is 5.39. The van der Waals surface area contributed by atoms with Gasteiger partial charge in [-0.15, -0.1) is 0 Å². The van der Waals surface area contributed by atoms with Gasteiger partial charge in [-0.1, -0.05) is 13.8 Å². The molecule has 0 aliphatic heterocycles. The van der Waals surface area contributed by atoms with Crippen molar-refractivity contribution in [2.45, 2.75) is 38.5 Å². The Hall–Kier alpha value is -1.25. The summed E-state index contributed by atoms with van der Waals surface area (Å²) in [6, 6.07) is 3.90. The van der Waals surface area contributed by atoms with Gasteiger partial charge in [0.15, 0.2) is 0 Å². The third-order valence-corrected chi connectivity index (χ3v) is 3.09. The Balaban J connectivity index is 2.03. The lowest BCUT2D eigenvalue weighted by atomic mass is 10.1. The fraction of sp³-hybridized carbons (Fsp3) is 0.583. The number of carbonyl (C=O) groups is 1. The molecule has 1 aromatic rings. The first kappa shape index (κ1) is 10.3. The van der Waals surface area contributed by atoms with Crippen LogP contribution < -0.4 is 0 Å². The molecule has 0 amide bonds. The Morgan fingerprint density at radius 1 is 1.67 bits per heavy atom. The molecule has 1 fully saturated rings. The smallest absolute Gasteiger partial charge is 0.304 e. The summed E-state index contributed by atoms with van der Waals surface area (Å²) in [6.45, 7) is 4.08. The van der Waals surface area contributed by atoms with Crippen molar-refractivity contribution >= 4 is 5.97 Å². The van der Waals surface area contributed by atoms with E-state index < -0.39 is 5.97 Å². The van der Waals surface area contributed by atoms with Crippen molar-refractivity contribution < 1.29 is 14.3 Å². The highest BCUT2D eigenvalue weighted by molar-refractivity contribution is 5.67. The van der Waals surface area contributed by atoms with Crippen LogP contribution in [0.5, 0.6) is 0 Å². The largest absolute Gasteiger partial charge is 0.481 e. The van der Waals surface area contributed by atoms with Crippen LogP contribution in [0.4, 0.5) is 0 Å². The summed E-state index contributed by atoms with van der Waals surface area (Å²) < 4.78 is 5.68. The van der Waals surface area contributed by atoms with E-state index in [1.54, 1.807) is 0 Å². The number of carboxylic acids is 1. The van der Waals surface area contributed by atoms with Crippen molar-refractivity contribution in [2.24, 2.45) is 5.92 Å². The van der Waals surface area contributed by atoms with Gasteiger partial charge in [0.2, 0.25) is 0 Å². The van der Waals surface area contributed by atoms with Crippen molar-refractivity contribution in [3.8, 4) is 0 Å². The van der Waals surface area contributed by atoms with E-state index in [1.807, 2.05) is 19.1 Å². The molecule has 3 atom stereocenters. The monoisotopic (exact) mass is 208 g/mol. The second-order valence-electron chi connectivity index (χ2n) is 4.56. The fourth-order valence-electron chi connectivity index (χ4n) is 1.91. The zero-order valence-electron chi connectivity index (χ0n) is 9.06. The van der Waals surface area contributed by atoms with E-state index >= 15 is 0 Å². The lowest BCUT2D eigenvalue weighted by molar-refractivity contribution is -0.137. The minimum atomic E-state index is -0.778. The molecule has 1 saturated carbocycles. The Bertz CT molecular complexity index is 367. The van der Waals surface area contributed by atoms with Gasteiger partial charge in [-0.25, -0.2) is 0 Å². The number of hydrogen-bond donors (Lipinski definition) is 1. The number of rotatable bonds is 4. The fourth-order valence-corrected chi connectivity index (χ4v) is 1.91. The van der Waals surface area contributed by atoms with Gasteiger partial charge in [-0.2, -0.15) is 0 Å². The summed E-state index contributed by atoms with van der Waals surface area (Å²) in [5.74, 6) is 2.29. The maximum atomic E-state index is 10.5. The highest BCUT2D eigenvalue weighted by Gasteiger charge is 2.36. The van der Waals surface area contributed by atoms with Gasteiger partial charge in [-0.3, -0.25) is 4.79 Å². The van der Waals surface area contributed by atoms with E-state index in [9.17, 15) is 4.79 Å². The van der Waals surface area contributed by atoms with Gasteiger partial charge < -0.3 is 9.52 Å². The summed E-state index contributed by atoms with van der Waals surface area (Å²) in [7, 11) is 0. The maximum absolute atomic E-state index is 10.5. The van der Waals surface area contributed by atoms with E-state index in [2.05, 4.69) is 6.92 Å². The van der Waals surface area contributed by atoms with Crippen molar-refractivity contribution in [1.82, 2.24) is 0 Å². The highest BCUT2D eigenvalue weighted by atomic mass is 16.4. The molecule has 0 aromatic carbocycles. The molecular formula is C12H16O3. The molecule has 2 rings (SSSR count). The molecule has 0 saturated heterocycles. The first-order chi connectivity index (χ1) is 7.08. The van der Waals surface area contributed by atoms with E-state index in [-0.39, 0.29) is 12.3 Å². The SMILES string of the molecule is CC(CC(=O)O)c1ccc(C2CC2C)o1. The number of aliphatic carboxylic acids is 1. The zero-order chi connectivity index (χ0) is 11.0. The Morgan fingerprint density at radius 3 is 2.87 bits per heavy atom. The molecule has 3 unspecified atom stereocenters. The van der Waals surface area contributed by atoms with Gasteiger partial charge >= 0.3 is 5.97 Å². The van der Waals surface area contributed by atoms with Crippen LogP contribution in [0.3, 0.4) is 0 Å². The molecule has 1 aliphatic rings. The molecule has 3 nitrogen and oxygen atoms in total. The summed E-state index contributed by atoms with van der Waals surface area (Å²) in [6.07, 6.45) is 1.33. The topological polar surface area (TPSA) is 50.4 Å². The van der Waals surface area contributed by atoms with Crippen LogP contribution in [0.1, 0.15) is 50.0 Å². The molecule has 82 valence electrons. The molecule has 15 heavy (non-hydrogen) atoms. The lowest BCUT2D eigenvalue weighted by Crippen LogP contribution is -2.01. The number of carboxylic acid groups (broad SMARTS) is 1. The third kappa shape index (κ3) is 2.22. The standard InChI is InChI=1S/C12H16O3/c1-7-5-9(7)11-4-3-10(15-11)8(2)6-12(13)14/h3-4,7-9H,5-6H2,1-2H3,(H,13,14). The van der Waals surface area contributed by atoms with E-state index in [4.69, 9.17) is 9.52 Å². The van der Waals surface area contributed by atoms with Crippen molar-refractivity contribution in [3.63, 3.8) is 0 Å². The van der Waals surface area contributed by atoms with Gasteiger partial charge in [0.25, 0.3) is 0 Å². The molecule has 1 heterocycles. The Morgan fingerprint density at radius 2 is 2.33 bits per heavy atom. The second kappa shape index (κ2) is 3.72. The predicted octanol–water partition coefficient (Wildman–Crippen LogP) is 2.98. The number of hydrogen-bond acceptors (Lipinski definition) is 2. The Kier molecular flexibility index (Phi) is 2.55. The second-order valence-corrected chi connectivity index (χ2v) is 4.56. The molecule has 1 N–H and O–H groups in total. The van der Waals surface area contributed by atoms with Crippen LogP contribution >= 0.6 is 0 Å². The van der Waals surface area contributed by atoms with Crippen LogP contribution in [0.15, 0.2) is 16.5 Å². The minimum Gasteiger partial charge on any atom is -0.481 e. The van der Waals surface area contributed by atoms with Gasteiger partial charge in [0.05, 0.1) is 6.42 Å². The van der Waals surface area contributed by atoms with E-state index in [0.717, 1.165) is 17.4 Å². The van der Waals surface area contributed by atoms with Crippen molar-refractivity contribution in [1.29, 1.82) is 0 Å². The summed E-state index contributed by atoms with van der Waals surface area (Å²) >= 11 is 0. The quantitative estimate of drug-likeness (QED) is 0.827. The summed E-state index contributed by atoms with van der Waals surface area (Å²) in [5, 5.41) is 8.67. The maximum Gasteiger partial charge on any atom is 0.304 e. The van der Waals surface area contributed by atoms with Crippen molar-refractivity contribution in [2.75, 3.05) is 0 Å². The number of furan rings is 1. The van der Waals surface area contributed by atoms with Crippen LogP contribution in [-0.2, 0) is 4.79 Å². The zero-order valence-corrected chi connectivity index (χ0v) is 9.06. The summed E-state index contributed by atoms with van der Waals surface area (Å²) in [4.78, 5) is 10.5. The molecule has 0 spiro atoms. The Labute approximate surface area is 89.1 Å². The molecular weight excluding hydrogens is 192 g/mol.